The highest BCUT2D eigenvalue weighted by Gasteiger charge is 2.54. The molecule has 0 radical (unpaired) electrons. The molecule has 1 fully saturated rings. The predicted molar refractivity (Wildman–Crippen MR) is 119 cm³/mol. The maximum Gasteiger partial charge on any atom is 0.445 e. The molecule has 1 saturated heterocycles. The van der Waals surface area contributed by atoms with Crippen LogP contribution in [0.5, 0.6) is 0 Å². The molecule has 2 aliphatic heterocycles. The number of benzene rings is 1. The highest BCUT2D eigenvalue weighted by Crippen LogP contribution is 2.42. The van der Waals surface area contributed by atoms with E-state index in [0.717, 1.165) is 16.7 Å². The Morgan fingerprint density at radius 2 is 2.00 bits per heavy atom. The normalized spacial score (nSPS) is 21.1. The molecule has 4 rings (SSSR count). The molecular formula is C19H16F3N5O4S3. The first-order chi connectivity index (χ1) is 16.1. The Morgan fingerprint density at radius 1 is 1.29 bits per heavy atom. The number of carboxylic acids is 1. The molecule has 2 amide bonds. The average molecular weight is 532 g/mol. The van der Waals surface area contributed by atoms with Crippen LogP contribution in [0.15, 0.2) is 45.9 Å². The van der Waals surface area contributed by atoms with E-state index in [-0.39, 0.29) is 21.5 Å². The maximum atomic E-state index is 12.7. The second kappa shape index (κ2) is 9.56. The van der Waals surface area contributed by atoms with Crippen molar-refractivity contribution in [1.29, 1.82) is 0 Å². The van der Waals surface area contributed by atoms with Gasteiger partial charge in [0.2, 0.25) is 10.9 Å². The van der Waals surface area contributed by atoms with Gasteiger partial charge < -0.3 is 16.2 Å². The number of alkyl halides is 3. The molecule has 9 nitrogen and oxygen atoms in total. The number of rotatable bonds is 7. The fourth-order valence-electron chi connectivity index (χ4n) is 3.38. The lowest BCUT2D eigenvalue weighted by molar-refractivity contribution is -0.150. The number of carbonyl (C=O) groups excluding carboxylic acids is 2. The van der Waals surface area contributed by atoms with Crippen molar-refractivity contribution >= 4 is 52.6 Å². The summed E-state index contributed by atoms with van der Waals surface area (Å²) in [5, 5.41) is 17.2. The standard InChI is InChI=1S/C19H16F3N5O4S3/c20-19(21,22)17-25-26-18(34-17)33-7-9-6-32-15-11(14(29)27(15)12(9)16(30)31)24-13(28)10(23)8-4-2-1-3-5-8/h1-5,10-11,15H,6-7,23H2,(H,24,28)(H,30,31)/t10?,11?,15-/m0/s1. The minimum atomic E-state index is -4.61. The minimum Gasteiger partial charge on any atom is -0.477 e. The van der Waals surface area contributed by atoms with Crippen LogP contribution in [0.4, 0.5) is 13.2 Å². The fraction of sp³-hybridized carbons (Fsp3) is 0.316. The van der Waals surface area contributed by atoms with Gasteiger partial charge in [0.25, 0.3) is 5.91 Å². The van der Waals surface area contributed by atoms with E-state index < -0.39 is 46.4 Å². The molecular weight excluding hydrogens is 515 g/mol. The van der Waals surface area contributed by atoms with Crippen LogP contribution < -0.4 is 11.1 Å². The van der Waals surface area contributed by atoms with Crippen LogP contribution in [0.1, 0.15) is 16.6 Å². The number of hydrogen-bond acceptors (Lipinski definition) is 9. The third-order valence-electron chi connectivity index (χ3n) is 5.01. The third kappa shape index (κ3) is 4.78. The minimum absolute atomic E-state index is 0.0214. The maximum absolute atomic E-state index is 12.7. The van der Waals surface area contributed by atoms with Crippen LogP contribution >= 0.6 is 34.9 Å². The van der Waals surface area contributed by atoms with Gasteiger partial charge in [-0.05, 0) is 11.1 Å². The number of carbonyl (C=O) groups is 3. The monoisotopic (exact) mass is 531 g/mol. The number of nitrogens with zero attached hydrogens (tertiary/aromatic N) is 3. The van der Waals surface area contributed by atoms with E-state index in [1.165, 1.54) is 11.8 Å². The van der Waals surface area contributed by atoms with Crippen molar-refractivity contribution in [2.24, 2.45) is 5.73 Å². The highest BCUT2D eigenvalue weighted by atomic mass is 32.2. The van der Waals surface area contributed by atoms with Gasteiger partial charge in [-0.2, -0.15) is 13.2 Å². The number of aromatic nitrogens is 2. The molecule has 1 aromatic heterocycles. The zero-order chi connectivity index (χ0) is 24.6. The van der Waals surface area contributed by atoms with Crippen LogP contribution in [-0.2, 0) is 20.6 Å². The smallest absolute Gasteiger partial charge is 0.445 e. The Kier molecular flexibility index (Phi) is 6.89. The second-order valence-corrected chi connectivity index (χ2v) is 10.5. The summed E-state index contributed by atoms with van der Waals surface area (Å²) < 4.78 is 38.2. The Hall–Kier alpha value is -2.62. The van der Waals surface area contributed by atoms with Crippen molar-refractivity contribution in [3.63, 3.8) is 0 Å². The van der Waals surface area contributed by atoms with Gasteiger partial charge in [-0.1, -0.05) is 53.4 Å². The molecule has 15 heteroatoms. The molecule has 34 heavy (non-hydrogen) atoms. The Morgan fingerprint density at radius 3 is 2.62 bits per heavy atom. The first-order valence-corrected chi connectivity index (χ1v) is 12.5. The van der Waals surface area contributed by atoms with Gasteiger partial charge in [0.1, 0.15) is 23.2 Å². The number of hydrogen-bond donors (Lipinski definition) is 3. The zero-order valence-corrected chi connectivity index (χ0v) is 19.4. The van der Waals surface area contributed by atoms with Gasteiger partial charge in [-0.25, -0.2) is 4.79 Å². The molecule has 2 unspecified atom stereocenters. The number of halogens is 3. The van der Waals surface area contributed by atoms with Gasteiger partial charge in [0, 0.05) is 11.5 Å². The molecule has 2 aromatic rings. The first kappa shape index (κ1) is 24.5. The summed E-state index contributed by atoms with van der Waals surface area (Å²) in [5.74, 6) is -2.27. The molecule has 0 aliphatic carbocycles. The lowest BCUT2D eigenvalue weighted by Gasteiger charge is -2.49. The zero-order valence-electron chi connectivity index (χ0n) is 17.0. The summed E-state index contributed by atoms with van der Waals surface area (Å²) in [5.41, 5.74) is 6.66. The van der Waals surface area contributed by atoms with Crippen LogP contribution in [0.25, 0.3) is 0 Å². The molecule has 0 saturated carbocycles. The highest BCUT2D eigenvalue weighted by molar-refractivity contribution is 8.01. The van der Waals surface area contributed by atoms with E-state index in [0.29, 0.717) is 22.5 Å². The SMILES string of the molecule is NC(C(=O)NC1C(=O)N2C(C(=O)O)=C(CSc3nnc(C(F)(F)F)s3)CS[C@@H]12)c1ccccc1. The van der Waals surface area contributed by atoms with E-state index in [1.807, 2.05) is 0 Å². The Labute approximate surface area is 203 Å². The first-order valence-electron chi connectivity index (χ1n) is 9.62. The van der Waals surface area contributed by atoms with Gasteiger partial charge in [-0.15, -0.1) is 22.0 Å². The molecule has 180 valence electrons. The quantitative estimate of drug-likeness (QED) is 0.362. The van der Waals surface area contributed by atoms with Crippen LogP contribution in [0.3, 0.4) is 0 Å². The lowest BCUT2D eigenvalue weighted by Crippen LogP contribution is -2.71. The average Bonchev–Trinajstić information content (AvgIpc) is 3.30. The summed E-state index contributed by atoms with van der Waals surface area (Å²) in [7, 11) is 0. The predicted octanol–water partition coefficient (Wildman–Crippen LogP) is 2.09. The van der Waals surface area contributed by atoms with Crippen molar-refractivity contribution in [1.82, 2.24) is 20.4 Å². The number of nitrogens with two attached hydrogens (primary N) is 1. The van der Waals surface area contributed by atoms with Crippen LogP contribution in [0, 0.1) is 0 Å². The molecule has 4 N–H and O–H groups in total. The van der Waals surface area contributed by atoms with Crippen molar-refractivity contribution in [3.8, 4) is 0 Å². The van der Waals surface area contributed by atoms with Crippen molar-refractivity contribution in [2.45, 2.75) is 28.0 Å². The summed E-state index contributed by atoms with van der Waals surface area (Å²) in [6.07, 6.45) is -4.61. The molecule has 3 atom stereocenters. The number of carboxylic acid groups (broad SMARTS) is 1. The Balaban J connectivity index is 1.44. The van der Waals surface area contributed by atoms with E-state index in [9.17, 15) is 32.7 Å². The number of fused-ring (bicyclic) bond motifs is 1. The van der Waals surface area contributed by atoms with Crippen LogP contribution in [-0.4, -0.2) is 60.9 Å². The van der Waals surface area contributed by atoms with E-state index in [1.54, 1.807) is 30.3 Å². The number of thioether (sulfide) groups is 2. The summed E-state index contributed by atoms with van der Waals surface area (Å²) >= 11 is 2.52. The lowest BCUT2D eigenvalue weighted by atomic mass is 10.0. The summed E-state index contributed by atoms with van der Waals surface area (Å²) in [6.45, 7) is 0. The Bertz CT molecular complexity index is 1160. The van der Waals surface area contributed by atoms with Gasteiger partial charge in [0.05, 0.1) is 0 Å². The van der Waals surface area contributed by atoms with Gasteiger partial charge >= 0.3 is 12.1 Å². The van der Waals surface area contributed by atoms with Gasteiger partial charge in [0.15, 0.2) is 4.34 Å². The second-order valence-electron chi connectivity index (χ2n) is 7.20. The largest absolute Gasteiger partial charge is 0.477 e. The van der Waals surface area contributed by atoms with E-state index in [2.05, 4.69) is 15.5 Å². The topological polar surface area (TPSA) is 139 Å². The number of amides is 2. The number of β-lactam (4-membered cyclic amide) rings is 1. The molecule has 0 bridgehead atoms. The van der Waals surface area contributed by atoms with Crippen molar-refractivity contribution in [2.75, 3.05) is 11.5 Å². The fourth-order valence-corrected chi connectivity index (χ4v) is 6.58. The summed E-state index contributed by atoms with van der Waals surface area (Å²) in [6, 6.07) is 6.66. The van der Waals surface area contributed by atoms with E-state index in [4.69, 9.17) is 5.73 Å². The van der Waals surface area contributed by atoms with Crippen molar-refractivity contribution in [3.05, 3.63) is 52.2 Å². The van der Waals surface area contributed by atoms with E-state index >= 15 is 0 Å². The third-order valence-corrected chi connectivity index (χ3v) is 8.53. The van der Waals surface area contributed by atoms with Gasteiger partial charge in [-0.3, -0.25) is 14.5 Å². The number of nitrogens with one attached hydrogen (secondary N) is 1. The van der Waals surface area contributed by atoms with Crippen LogP contribution in [0.2, 0.25) is 0 Å². The molecule has 3 heterocycles. The molecule has 2 aliphatic rings. The molecule has 1 aromatic carbocycles. The number of aliphatic carboxylic acids is 1. The molecule has 0 spiro atoms. The summed E-state index contributed by atoms with van der Waals surface area (Å²) in [4.78, 5) is 38.3. The van der Waals surface area contributed by atoms with Crippen molar-refractivity contribution < 1.29 is 32.7 Å².